The summed E-state index contributed by atoms with van der Waals surface area (Å²) in [4.78, 5) is 6.06. The van der Waals surface area contributed by atoms with E-state index < -0.39 is 5.82 Å². The summed E-state index contributed by atoms with van der Waals surface area (Å²) in [5.74, 6) is 0.288. The monoisotopic (exact) mass is 445 g/mol. The molecule has 7 nitrogen and oxygen atoms in total. The number of aliphatic hydroxyl groups excluding tert-OH is 1. The van der Waals surface area contributed by atoms with Crippen LogP contribution in [0.4, 0.5) is 27.3 Å². The van der Waals surface area contributed by atoms with E-state index in [4.69, 9.17) is 22.7 Å². The highest BCUT2D eigenvalue weighted by Crippen LogP contribution is 2.36. The number of halogens is 1. The maximum atomic E-state index is 14.6. The number of anilines is 4. The Morgan fingerprint density at radius 3 is 2.58 bits per heavy atom. The Balaban J connectivity index is 1.66. The summed E-state index contributed by atoms with van der Waals surface area (Å²) >= 11 is 5.28. The molecule has 1 aliphatic heterocycles. The Hall–Kier alpha value is -2.49. The fourth-order valence-corrected chi connectivity index (χ4v) is 4.32. The molecular formula is C22H28FN5O2S. The molecule has 0 unspecified atom stereocenters. The smallest absolute Gasteiger partial charge is 0.175 e. The van der Waals surface area contributed by atoms with E-state index in [2.05, 4.69) is 15.6 Å². The Bertz CT molecular complexity index is 917. The number of ether oxygens (including phenoxy) is 1. The van der Waals surface area contributed by atoms with Gasteiger partial charge in [0, 0.05) is 18.7 Å². The van der Waals surface area contributed by atoms with Gasteiger partial charge in [0.05, 0.1) is 42.0 Å². The van der Waals surface area contributed by atoms with E-state index in [0.29, 0.717) is 24.7 Å². The van der Waals surface area contributed by atoms with Gasteiger partial charge in [-0.1, -0.05) is 12.1 Å². The molecule has 1 aromatic heterocycles. The summed E-state index contributed by atoms with van der Waals surface area (Å²) in [6.45, 7) is 1.29. The van der Waals surface area contributed by atoms with Crippen molar-refractivity contribution in [1.29, 1.82) is 0 Å². The Morgan fingerprint density at radius 2 is 1.90 bits per heavy atom. The van der Waals surface area contributed by atoms with Gasteiger partial charge < -0.3 is 26.2 Å². The predicted molar refractivity (Wildman–Crippen MR) is 124 cm³/mol. The fraction of sp³-hybridized carbons (Fsp3) is 0.455. The first-order valence-electron chi connectivity index (χ1n) is 10.6. The number of thiocarbonyl (C=S) groups is 1. The Kier molecular flexibility index (Phi) is 6.84. The first-order chi connectivity index (χ1) is 15.0. The van der Waals surface area contributed by atoms with Gasteiger partial charge in [0.25, 0.3) is 0 Å². The quantitative estimate of drug-likeness (QED) is 0.502. The van der Waals surface area contributed by atoms with Crippen LogP contribution in [-0.2, 0) is 4.74 Å². The van der Waals surface area contributed by atoms with Crippen molar-refractivity contribution in [3.8, 4) is 0 Å². The number of benzene rings is 1. The number of hydrogen-bond donors (Lipinski definition) is 4. The van der Waals surface area contributed by atoms with E-state index in [-0.39, 0.29) is 29.0 Å². The lowest BCUT2D eigenvalue weighted by atomic mass is 9.93. The zero-order chi connectivity index (χ0) is 21.8. The van der Waals surface area contributed by atoms with Crippen LogP contribution < -0.4 is 21.3 Å². The van der Waals surface area contributed by atoms with Crippen molar-refractivity contribution in [3.05, 3.63) is 42.3 Å². The van der Waals surface area contributed by atoms with E-state index in [1.165, 1.54) is 11.0 Å². The Morgan fingerprint density at radius 1 is 1.13 bits per heavy atom. The second-order valence-electron chi connectivity index (χ2n) is 8.07. The molecule has 2 aromatic rings. The van der Waals surface area contributed by atoms with Crippen molar-refractivity contribution in [3.63, 3.8) is 0 Å². The molecule has 2 fully saturated rings. The van der Waals surface area contributed by atoms with Gasteiger partial charge in [0.2, 0.25) is 0 Å². The summed E-state index contributed by atoms with van der Waals surface area (Å²) in [5, 5.41) is 16.7. The summed E-state index contributed by atoms with van der Waals surface area (Å²) in [5.41, 5.74) is 7.61. The molecule has 0 radical (unpaired) electrons. The van der Waals surface area contributed by atoms with Gasteiger partial charge in [-0.05, 0) is 56.5 Å². The third-order valence-corrected chi connectivity index (χ3v) is 5.96. The highest BCUT2D eigenvalue weighted by molar-refractivity contribution is 7.80. The maximum Gasteiger partial charge on any atom is 0.175 e. The van der Waals surface area contributed by atoms with E-state index in [1.54, 1.807) is 24.4 Å². The number of nitrogens with one attached hydrogen (secondary N) is 2. The fourth-order valence-electron chi connectivity index (χ4n) is 4.12. The van der Waals surface area contributed by atoms with Crippen LogP contribution in [0.25, 0.3) is 0 Å². The molecule has 1 aromatic carbocycles. The minimum absolute atomic E-state index is 0.0274. The van der Waals surface area contributed by atoms with E-state index in [9.17, 15) is 9.50 Å². The van der Waals surface area contributed by atoms with Gasteiger partial charge in [0.1, 0.15) is 11.6 Å². The van der Waals surface area contributed by atoms with Crippen molar-refractivity contribution in [1.82, 2.24) is 4.98 Å². The minimum atomic E-state index is -0.423. The molecule has 31 heavy (non-hydrogen) atoms. The van der Waals surface area contributed by atoms with Gasteiger partial charge in [-0.25, -0.2) is 9.37 Å². The highest BCUT2D eigenvalue weighted by Gasteiger charge is 2.24. The van der Waals surface area contributed by atoms with Gasteiger partial charge in [-0.2, -0.15) is 0 Å². The average molecular weight is 446 g/mol. The minimum Gasteiger partial charge on any atom is -0.393 e. The van der Waals surface area contributed by atoms with Crippen LogP contribution in [0.15, 0.2) is 36.5 Å². The normalized spacial score (nSPS) is 23.4. The van der Waals surface area contributed by atoms with Crippen LogP contribution in [0.1, 0.15) is 32.1 Å². The average Bonchev–Trinajstić information content (AvgIpc) is 3.26. The molecule has 2 aliphatic rings. The van der Waals surface area contributed by atoms with E-state index in [1.807, 2.05) is 6.07 Å². The molecule has 0 spiro atoms. The molecule has 1 aliphatic carbocycles. The van der Waals surface area contributed by atoms with Gasteiger partial charge in [-0.3, -0.25) is 4.90 Å². The molecule has 0 bridgehead atoms. The topological polar surface area (TPSA) is 95.7 Å². The molecule has 9 heteroatoms. The van der Waals surface area contributed by atoms with E-state index >= 15 is 0 Å². The zero-order valence-corrected chi connectivity index (χ0v) is 18.1. The second kappa shape index (κ2) is 9.76. The van der Waals surface area contributed by atoms with Crippen LogP contribution in [0.3, 0.4) is 0 Å². The second-order valence-corrected chi connectivity index (χ2v) is 8.48. The van der Waals surface area contributed by atoms with Crippen molar-refractivity contribution < 1.29 is 14.2 Å². The number of para-hydroxylation sites is 1. The molecule has 2 heterocycles. The third-order valence-electron chi connectivity index (χ3n) is 5.78. The molecular weight excluding hydrogens is 417 g/mol. The van der Waals surface area contributed by atoms with Gasteiger partial charge in [0.15, 0.2) is 5.11 Å². The first kappa shape index (κ1) is 21.7. The number of nitrogens with two attached hydrogens (primary N) is 1. The molecule has 5 N–H and O–H groups in total. The van der Waals surface area contributed by atoms with Crippen molar-refractivity contribution in [2.45, 2.75) is 50.3 Å². The summed E-state index contributed by atoms with van der Waals surface area (Å²) in [6, 6.07) is 8.66. The van der Waals surface area contributed by atoms with Crippen LogP contribution in [0.2, 0.25) is 0 Å². The number of nitrogens with zero attached hydrogens (tertiary/aromatic N) is 2. The molecule has 166 valence electrons. The maximum absolute atomic E-state index is 14.6. The number of aromatic nitrogens is 1. The van der Waals surface area contributed by atoms with Gasteiger partial charge in [-0.15, -0.1) is 0 Å². The summed E-state index contributed by atoms with van der Waals surface area (Å²) in [7, 11) is 0. The van der Waals surface area contributed by atoms with Crippen molar-refractivity contribution >= 4 is 40.2 Å². The zero-order valence-electron chi connectivity index (χ0n) is 17.3. The van der Waals surface area contributed by atoms with Crippen LogP contribution in [0, 0.1) is 5.82 Å². The number of pyridine rings is 1. The lowest BCUT2D eigenvalue weighted by molar-refractivity contribution is 0.126. The molecule has 1 saturated heterocycles. The standard InChI is InChI=1S/C22H28FN5O2S/c23-17-3-1-2-4-19(17)28(22(24)31)20-12-25-21(27-14-5-7-16(29)8-6-14)11-18(20)26-15-9-10-30-13-15/h1-4,11-12,14-16,29H,5-10,13H2,(H2,24,31)(H2,25,26,27)/t14?,15-,16?/m0/s1. The molecule has 0 amide bonds. The molecule has 1 saturated carbocycles. The van der Waals surface area contributed by atoms with E-state index in [0.717, 1.165) is 37.8 Å². The van der Waals surface area contributed by atoms with Crippen LogP contribution in [-0.4, -0.2) is 46.6 Å². The SMILES string of the molecule is NC(=S)N(c1ccccc1F)c1cnc(NC2CCC(O)CC2)cc1N[C@H]1CCOC1. The van der Waals surface area contributed by atoms with Crippen molar-refractivity contribution in [2.75, 3.05) is 28.7 Å². The predicted octanol–water partition coefficient (Wildman–Crippen LogP) is 3.52. The largest absolute Gasteiger partial charge is 0.393 e. The highest BCUT2D eigenvalue weighted by atomic mass is 32.1. The lowest BCUT2D eigenvalue weighted by Crippen LogP contribution is -2.33. The third kappa shape index (κ3) is 5.23. The summed E-state index contributed by atoms with van der Waals surface area (Å²) < 4.78 is 20.1. The molecule has 1 atom stereocenters. The lowest BCUT2D eigenvalue weighted by Gasteiger charge is -2.29. The van der Waals surface area contributed by atoms with Crippen molar-refractivity contribution in [2.24, 2.45) is 5.73 Å². The molecule has 4 rings (SSSR count). The first-order valence-corrected chi connectivity index (χ1v) is 11.0. The van der Waals surface area contributed by atoms with Gasteiger partial charge >= 0.3 is 0 Å². The summed E-state index contributed by atoms with van der Waals surface area (Å²) in [6.07, 6.45) is 5.65. The van der Waals surface area contributed by atoms with Crippen LogP contribution >= 0.6 is 12.2 Å². The number of rotatable bonds is 6. The number of hydrogen-bond acceptors (Lipinski definition) is 6. The Labute approximate surface area is 186 Å². The van der Waals surface area contributed by atoms with Crippen LogP contribution in [0.5, 0.6) is 0 Å². The number of aliphatic hydroxyl groups is 1.